The zero-order chi connectivity index (χ0) is 16.3. The zero-order valence-corrected chi connectivity index (χ0v) is 15.0. The van der Waals surface area contributed by atoms with Gasteiger partial charge >= 0.3 is 0 Å². The van der Waals surface area contributed by atoms with Crippen LogP contribution in [0.4, 0.5) is 5.69 Å². The first-order chi connectivity index (χ1) is 10.4. The second kappa shape index (κ2) is 7.16. The minimum atomic E-state index is -0.197. The van der Waals surface area contributed by atoms with E-state index in [1.54, 1.807) is 18.2 Å². The largest absolute Gasteiger partial charge is 0.483 e. The molecule has 2 aromatic carbocycles. The standard InChI is InChI=1S/C17H17BrClNO2/c1-10-6-11(2)17(12(3)7-10)20-16(21)9-22-15-5-4-13(19)8-14(15)18/h4-8H,9H2,1-3H3,(H,20,21). The highest BCUT2D eigenvalue weighted by Crippen LogP contribution is 2.28. The van der Waals surface area contributed by atoms with Gasteiger partial charge in [0.1, 0.15) is 5.75 Å². The average Bonchev–Trinajstić information content (AvgIpc) is 2.42. The summed E-state index contributed by atoms with van der Waals surface area (Å²) in [5.41, 5.74) is 4.10. The molecule has 0 aliphatic heterocycles. The van der Waals surface area contributed by atoms with Crippen LogP contribution >= 0.6 is 27.5 Å². The Kier molecular flexibility index (Phi) is 5.48. The van der Waals surface area contributed by atoms with Gasteiger partial charge in [-0.05, 0) is 66.0 Å². The lowest BCUT2D eigenvalue weighted by Gasteiger charge is -2.13. The van der Waals surface area contributed by atoms with Gasteiger partial charge in [0.15, 0.2) is 6.61 Å². The summed E-state index contributed by atoms with van der Waals surface area (Å²) in [5.74, 6) is 0.383. The molecular formula is C17H17BrClNO2. The molecule has 1 amide bonds. The van der Waals surface area contributed by atoms with Gasteiger partial charge in [-0.1, -0.05) is 29.3 Å². The first-order valence-corrected chi connectivity index (χ1v) is 7.99. The highest BCUT2D eigenvalue weighted by Gasteiger charge is 2.10. The fourth-order valence-corrected chi connectivity index (χ4v) is 3.09. The van der Waals surface area contributed by atoms with Gasteiger partial charge in [0.2, 0.25) is 0 Å². The molecular weight excluding hydrogens is 366 g/mol. The van der Waals surface area contributed by atoms with Crippen molar-refractivity contribution in [1.29, 1.82) is 0 Å². The topological polar surface area (TPSA) is 38.3 Å². The third kappa shape index (κ3) is 4.24. The lowest BCUT2D eigenvalue weighted by Crippen LogP contribution is -2.21. The van der Waals surface area contributed by atoms with Crippen molar-refractivity contribution in [3.63, 3.8) is 0 Å². The Morgan fingerprint density at radius 2 is 1.82 bits per heavy atom. The fourth-order valence-electron chi connectivity index (χ4n) is 2.29. The van der Waals surface area contributed by atoms with E-state index in [0.29, 0.717) is 10.8 Å². The van der Waals surface area contributed by atoms with Crippen molar-refractivity contribution in [2.75, 3.05) is 11.9 Å². The smallest absolute Gasteiger partial charge is 0.262 e. The van der Waals surface area contributed by atoms with E-state index in [4.69, 9.17) is 16.3 Å². The molecule has 3 nitrogen and oxygen atoms in total. The molecule has 0 aliphatic rings. The number of rotatable bonds is 4. The van der Waals surface area contributed by atoms with E-state index in [1.807, 2.05) is 32.9 Å². The van der Waals surface area contributed by atoms with Crippen molar-refractivity contribution in [2.45, 2.75) is 20.8 Å². The number of anilines is 1. The van der Waals surface area contributed by atoms with E-state index in [0.717, 1.165) is 21.3 Å². The van der Waals surface area contributed by atoms with E-state index in [2.05, 4.69) is 21.2 Å². The first-order valence-electron chi connectivity index (χ1n) is 6.82. The SMILES string of the molecule is Cc1cc(C)c(NC(=O)COc2ccc(Cl)cc2Br)c(C)c1. The molecule has 0 bridgehead atoms. The summed E-state index contributed by atoms with van der Waals surface area (Å²) >= 11 is 9.22. The number of amides is 1. The van der Waals surface area contributed by atoms with Gasteiger partial charge in [0, 0.05) is 10.7 Å². The van der Waals surface area contributed by atoms with Crippen molar-refractivity contribution >= 4 is 39.1 Å². The van der Waals surface area contributed by atoms with Crippen LogP contribution in [0.25, 0.3) is 0 Å². The predicted molar refractivity (Wildman–Crippen MR) is 93.9 cm³/mol. The van der Waals surface area contributed by atoms with Crippen LogP contribution in [0.5, 0.6) is 5.75 Å². The number of hydrogen-bond donors (Lipinski definition) is 1. The van der Waals surface area contributed by atoms with Crippen molar-refractivity contribution in [3.8, 4) is 5.75 Å². The lowest BCUT2D eigenvalue weighted by atomic mass is 10.1. The molecule has 0 atom stereocenters. The van der Waals surface area contributed by atoms with Gasteiger partial charge in [-0.2, -0.15) is 0 Å². The van der Waals surface area contributed by atoms with Crippen LogP contribution in [0.1, 0.15) is 16.7 Å². The van der Waals surface area contributed by atoms with Crippen molar-refractivity contribution in [2.24, 2.45) is 0 Å². The van der Waals surface area contributed by atoms with E-state index >= 15 is 0 Å². The fraction of sp³-hybridized carbons (Fsp3) is 0.235. The molecule has 0 saturated carbocycles. The Labute approximate surface area is 143 Å². The lowest BCUT2D eigenvalue weighted by molar-refractivity contribution is -0.118. The van der Waals surface area contributed by atoms with E-state index in [9.17, 15) is 4.79 Å². The molecule has 1 N–H and O–H groups in total. The van der Waals surface area contributed by atoms with Gasteiger partial charge < -0.3 is 10.1 Å². The molecule has 22 heavy (non-hydrogen) atoms. The van der Waals surface area contributed by atoms with Crippen LogP contribution in [0.3, 0.4) is 0 Å². The number of benzene rings is 2. The summed E-state index contributed by atoms with van der Waals surface area (Å²) in [6.45, 7) is 5.93. The predicted octanol–water partition coefficient (Wildman–Crippen LogP) is 5.05. The van der Waals surface area contributed by atoms with Crippen LogP contribution in [0.2, 0.25) is 5.02 Å². The van der Waals surface area contributed by atoms with E-state index < -0.39 is 0 Å². The molecule has 0 radical (unpaired) electrons. The van der Waals surface area contributed by atoms with Crippen LogP contribution in [-0.4, -0.2) is 12.5 Å². The third-order valence-electron chi connectivity index (χ3n) is 3.19. The van der Waals surface area contributed by atoms with Gasteiger partial charge in [-0.3, -0.25) is 4.79 Å². The maximum absolute atomic E-state index is 12.1. The molecule has 5 heteroatoms. The maximum Gasteiger partial charge on any atom is 0.262 e. The number of halogens is 2. The van der Waals surface area contributed by atoms with Crippen molar-refractivity contribution in [1.82, 2.24) is 0 Å². The molecule has 2 aromatic rings. The molecule has 2 rings (SSSR count). The number of carbonyl (C=O) groups is 1. The minimum absolute atomic E-state index is 0.0625. The number of nitrogens with one attached hydrogen (secondary N) is 1. The van der Waals surface area contributed by atoms with Crippen molar-refractivity contribution in [3.05, 3.63) is 56.5 Å². The molecule has 0 aromatic heterocycles. The van der Waals surface area contributed by atoms with Gasteiger partial charge in [0.05, 0.1) is 4.47 Å². The monoisotopic (exact) mass is 381 g/mol. The van der Waals surface area contributed by atoms with Crippen LogP contribution in [0.15, 0.2) is 34.8 Å². The molecule has 0 fully saturated rings. The number of aryl methyl sites for hydroxylation is 3. The second-order valence-corrected chi connectivity index (χ2v) is 6.48. The first kappa shape index (κ1) is 16.8. The summed E-state index contributed by atoms with van der Waals surface area (Å²) in [6, 6.07) is 9.25. The summed E-state index contributed by atoms with van der Waals surface area (Å²) in [5, 5.41) is 3.51. The van der Waals surface area contributed by atoms with Gasteiger partial charge in [-0.25, -0.2) is 0 Å². The highest BCUT2D eigenvalue weighted by molar-refractivity contribution is 9.10. The number of ether oxygens (including phenoxy) is 1. The quantitative estimate of drug-likeness (QED) is 0.804. The Morgan fingerprint density at radius 1 is 1.18 bits per heavy atom. The summed E-state index contributed by atoms with van der Waals surface area (Å²) < 4.78 is 6.23. The average molecular weight is 383 g/mol. The number of carbonyl (C=O) groups excluding carboxylic acids is 1. The van der Waals surface area contributed by atoms with Gasteiger partial charge in [0.25, 0.3) is 5.91 Å². The Hall–Kier alpha value is -1.52. The van der Waals surface area contributed by atoms with E-state index in [-0.39, 0.29) is 12.5 Å². The zero-order valence-electron chi connectivity index (χ0n) is 12.7. The highest BCUT2D eigenvalue weighted by atomic mass is 79.9. The molecule has 0 aliphatic carbocycles. The Morgan fingerprint density at radius 3 is 2.41 bits per heavy atom. The molecule has 0 spiro atoms. The van der Waals surface area contributed by atoms with Crippen LogP contribution in [-0.2, 0) is 4.79 Å². The Bertz CT molecular complexity index is 693. The van der Waals surface area contributed by atoms with E-state index in [1.165, 1.54) is 5.56 Å². The minimum Gasteiger partial charge on any atom is -0.483 e. The molecule has 0 unspecified atom stereocenters. The van der Waals surface area contributed by atoms with Crippen LogP contribution in [0, 0.1) is 20.8 Å². The molecule has 116 valence electrons. The van der Waals surface area contributed by atoms with Gasteiger partial charge in [-0.15, -0.1) is 0 Å². The molecule has 0 heterocycles. The summed E-state index contributed by atoms with van der Waals surface area (Å²) in [4.78, 5) is 12.1. The second-order valence-electron chi connectivity index (χ2n) is 5.19. The number of hydrogen-bond acceptors (Lipinski definition) is 2. The summed E-state index contributed by atoms with van der Waals surface area (Å²) in [7, 11) is 0. The summed E-state index contributed by atoms with van der Waals surface area (Å²) in [6.07, 6.45) is 0. The Balaban J connectivity index is 2.02. The molecule has 0 saturated heterocycles. The normalized spacial score (nSPS) is 10.4. The van der Waals surface area contributed by atoms with Crippen molar-refractivity contribution < 1.29 is 9.53 Å². The maximum atomic E-state index is 12.1. The third-order valence-corrected chi connectivity index (χ3v) is 4.05. The van der Waals surface area contributed by atoms with Crippen LogP contribution < -0.4 is 10.1 Å².